The van der Waals surface area contributed by atoms with E-state index in [0.29, 0.717) is 0 Å². The van der Waals surface area contributed by atoms with Gasteiger partial charge in [0.15, 0.2) is 0 Å². The van der Waals surface area contributed by atoms with Crippen LogP contribution in [0.4, 0.5) is 17.1 Å². The highest BCUT2D eigenvalue weighted by Crippen LogP contribution is 2.52. The second-order valence-electron chi connectivity index (χ2n) is 15.2. The highest BCUT2D eigenvalue weighted by molar-refractivity contribution is 6.24. The fourth-order valence-electron chi connectivity index (χ4n) is 9.15. The lowest BCUT2D eigenvalue weighted by atomic mass is 9.95. The zero-order chi connectivity index (χ0) is 38.9. The van der Waals surface area contributed by atoms with Crippen molar-refractivity contribution in [3.8, 4) is 33.4 Å². The first kappa shape index (κ1) is 33.3. The number of hydrogen-bond acceptors (Lipinski definition) is 3. The molecule has 3 heteroatoms. The Morgan fingerprint density at radius 1 is 0.271 bits per heavy atom. The molecule has 10 aromatic carbocycles. The summed E-state index contributed by atoms with van der Waals surface area (Å²) >= 11 is 0. The van der Waals surface area contributed by atoms with Crippen LogP contribution < -0.4 is 4.90 Å². The maximum absolute atomic E-state index is 6.95. The normalized spacial score (nSPS) is 11.7. The van der Waals surface area contributed by atoms with Gasteiger partial charge in [-0.05, 0) is 80.9 Å². The van der Waals surface area contributed by atoms with Crippen LogP contribution in [0.25, 0.3) is 98.8 Å². The quantitative estimate of drug-likeness (QED) is 0.158. The van der Waals surface area contributed by atoms with Crippen LogP contribution in [0.15, 0.2) is 221 Å². The summed E-state index contributed by atoms with van der Waals surface area (Å²) in [5, 5.41) is 8.97. The zero-order valence-electron chi connectivity index (χ0n) is 32.0. The highest BCUT2D eigenvalue weighted by Gasteiger charge is 2.27. The minimum Gasteiger partial charge on any atom is -0.455 e. The summed E-state index contributed by atoms with van der Waals surface area (Å²) in [6, 6.07) is 75.6. The molecule has 0 fully saturated rings. The van der Waals surface area contributed by atoms with Crippen LogP contribution in [0.2, 0.25) is 0 Å². The molecule has 0 unspecified atom stereocenters. The summed E-state index contributed by atoms with van der Waals surface area (Å²) in [4.78, 5) is 2.46. The SMILES string of the molecule is c1ccc(-c2ccc(-c3ccc(N(c4cccc5ccc6ccccc6c45)c4ccc(-c5ccccc5)c5oc6ccccc6c45)c4c3oc3ccccc34)cc2)cc1. The van der Waals surface area contributed by atoms with Crippen molar-refractivity contribution in [2.24, 2.45) is 0 Å². The molecule has 0 spiro atoms. The summed E-state index contributed by atoms with van der Waals surface area (Å²) < 4.78 is 13.8. The first-order valence-corrected chi connectivity index (χ1v) is 20.1. The lowest BCUT2D eigenvalue weighted by Gasteiger charge is -2.29. The van der Waals surface area contributed by atoms with Gasteiger partial charge in [-0.15, -0.1) is 0 Å². The van der Waals surface area contributed by atoms with E-state index in [0.717, 1.165) is 83.2 Å². The second kappa shape index (κ2) is 13.4. The van der Waals surface area contributed by atoms with Crippen LogP contribution in [0.3, 0.4) is 0 Å². The van der Waals surface area contributed by atoms with Crippen molar-refractivity contribution in [3.05, 3.63) is 212 Å². The average molecular weight is 754 g/mol. The van der Waals surface area contributed by atoms with Crippen molar-refractivity contribution >= 4 is 82.5 Å². The number of benzene rings is 10. The van der Waals surface area contributed by atoms with Crippen molar-refractivity contribution in [1.82, 2.24) is 0 Å². The Balaban J connectivity index is 1.19. The molecule has 0 radical (unpaired) electrons. The van der Waals surface area contributed by atoms with Gasteiger partial charge in [0, 0.05) is 27.3 Å². The average Bonchev–Trinajstić information content (AvgIpc) is 3.90. The Hall–Kier alpha value is -7.88. The fourth-order valence-corrected chi connectivity index (χ4v) is 9.15. The lowest BCUT2D eigenvalue weighted by Crippen LogP contribution is -2.12. The van der Waals surface area contributed by atoms with Crippen molar-refractivity contribution < 1.29 is 8.83 Å². The smallest absolute Gasteiger partial charge is 0.145 e. The molecule has 2 heterocycles. The van der Waals surface area contributed by atoms with Gasteiger partial charge in [0.1, 0.15) is 22.3 Å². The van der Waals surface area contributed by atoms with Gasteiger partial charge in [-0.2, -0.15) is 0 Å². The number of rotatable bonds is 6. The van der Waals surface area contributed by atoms with Gasteiger partial charge in [-0.3, -0.25) is 0 Å². The number of nitrogens with zero attached hydrogens (tertiary/aromatic N) is 1. The molecule has 276 valence electrons. The monoisotopic (exact) mass is 753 g/mol. The Morgan fingerprint density at radius 2 is 0.712 bits per heavy atom. The molecule has 2 aromatic heterocycles. The molecule has 0 saturated carbocycles. The first-order chi connectivity index (χ1) is 29.3. The number of hydrogen-bond donors (Lipinski definition) is 0. The minimum atomic E-state index is 0.846. The molecule has 59 heavy (non-hydrogen) atoms. The van der Waals surface area contributed by atoms with Crippen molar-refractivity contribution in [3.63, 3.8) is 0 Å². The molecule has 0 aliphatic carbocycles. The summed E-state index contributed by atoms with van der Waals surface area (Å²) in [5.41, 5.74) is 13.2. The van der Waals surface area contributed by atoms with Crippen LogP contribution in [0.5, 0.6) is 0 Å². The Labute approximate surface area is 340 Å². The summed E-state index contributed by atoms with van der Waals surface area (Å²) in [6.45, 7) is 0. The van der Waals surface area contributed by atoms with Crippen molar-refractivity contribution in [2.75, 3.05) is 4.90 Å². The Bertz CT molecular complexity index is 3540. The third-order valence-corrected chi connectivity index (χ3v) is 11.9. The van der Waals surface area contributed by atoms with Gasteiger partial charge >= 0.3 is 0 Å². The number of fused-ring (bicyclic) bond motifs is 9. The van der Waals surface area contributed by atoms with E-state index < -0.39 is 0 Å². The zero-order valence-corrected chi connectivity index (χ0v) is 32.0. The van der Waals surface area contributed by atoms with E-state index in [1.165, 1.54) is 32.7 Å². The number of anilines is 3. The van der Waals surface area contributed by atoms with E-state index in [4.69, 9.17) is 8.83 Å². The van der Waals surface area contributed by atoms with Gasteiger partial charge in [-0.25, -0.2) is 0 Å². The van der Waals surface area contributed by atoms with Crippen LogP contribution in [-0.2, 0) is 0 Å². The molecule has 0 aliphatic rings. The van der Waals surface area contributed by atoms with Gasteiger partial charge < -0.3 is 13.7 Å². The van der Waals surface area contributed by atoms with E-state index in [9.17, 15) is 0 Å². The van der Waals surface area contributed by atoms with Crippen LogP contribution in [0.1, 0.15) is 0 Å². The van der Waals surface area contributed by atoms with Crippen LogP contribution in [0, 0.1) is 0 Å². The summed E-state index contributed by atoms with van der Waals surface area (Å²) in [7, 11) is 0. The van der Waals surface area contributed by atoms with E-state index in [2.05, 4.69) is 211 Å². The van der Waals surface area contributed by atoms with Crippen LogP contribution in [-0.4, -0.2) is 0 Å². The molecule has 0 amide bonds. The van der Waals surface area contributed by atoms with Crippen molar-refractivity contribution in [2.45, 2.75) is 0 Å². The van der Waals surface area contributed by atoms with Crippen molar-refractivity contribution in [1.29, 1.82) is 0 Å². The summed E-state index contributed by atoms with van der Waals surface area (Å²) in [6.07, 6.45) is 0. The van der Waals surface area contributed by atoms with Gasteiger partial charge in [-0.1, -0.05) is 170 Å². The van der Waals surface area contributed by atoms with Gasteiger partial charge in [0.05, 0.1) is 27.8 Å². The minimum absolute atomic E-state index is 0.846. The van der Waals surface area contributed by atoms with Gasteiger partial charge in [0.2, 0.25) is 0 Å². The van der Waals surface area contributed by atoms with E-state index in [1.807, 2.05) is 6.07 Å². The Kier molecular flexibility index (Phi) is 7.54. The van der Waals surface area contributed by atoms with Crippen LogP contribution >= 0.6 is 0 Å². The Morgan fingerprint density at radius 3 is 1.34 bits per heavy atom. The highest BCUT2D eigenvalue weighted by atomic mass is 16.3. The predicted octanol–water partition coefficient (Wildman–Crippen LogP) is 16.3. The molecule has 12 aromatic rings. The molecule has 3 nitrogen and oxygen atoms in total. The molecular weight excluding hydrogens is 719 g/mol. The second-order valence-corrected chi connectivity index (χ2v) is 15.2. The maximum atomic E-state index is 6.95. The molecule has 0 aliphatic heterocycles. The first-order valence-electron chi connectivity index (χ1n) is 20.1. The predicted molar refractivity (Wildman–Crippen MR) is 247 cm³/mol. The van der Waals surface area contributed by atoms with E-state index >= 15 is 0 Å². The molecule has 0 saturated heterocycles. The third kappa shape index (κ3) is 5.29. The largest absolute Gasteiger partial charge is 0.455 e. The fraction of sp³-hybridized carbons (Fsp3) is 0. The molecule has 12 rings (SSSR count). The summed E-state index contributed by atoms with van der Waals surface area (Å²) in [5.74, 6) is 0. The van der Waals surface area contributed by atoms with Gasteiger partial charge in [0.25, 0.3) is 0 Å². The van der Waals surface area contributed by atoms with E-state index in [1.54, 1.807) is 0 Å². The molecular formula is C56H35NO2. The number of furan rings is 2. The molecule has 0 bridgehead atoms. The maximum Gasteiger partial charge on any atom is 0.145 e. The number of para-hydroxylation sites is 2. The molecule has 0 atom stereocenters. The third-order valence-electron chi connectivity index (χ3n) is 11.9. The topological polar surface area (TPSA) is 29.5 Å². The van der Waals surface area contributed by atoms with E-state index in [-0.39, 0.29) is 0 Å². The lowest BCUT2D eigenvalue weighted by molar-refractivity contribution is 0.670. The molecule has 0 N–H and O–H groups in total. The standard InChI is InChI=1S/C56H35NO2/c1-3-14-36(15-4-1)37-26-28-40(29-27-37)44-33-35-49(54-46-22-10-12-25-51(46)59-56(44)54)57(47-23-13-19-41-31-30-39-18-7-8-20-42(39)52(41)47)48-34-32-43(38-16-5-2-6-17-38)55-53(48)45-21-9-11-24-50(45)58-55/h1-35H.